The highest BCUT2D eigenvalue weighted by Gasteiger charge is 2.30. The van der Waals surface area contributed by atoms with Gasteiger partial charge in [0.15, 0.2) is 0 Å². The van der Waals surface area contributed by atoms with E-state index in [4.69, 9.17) is 21.8 Å². The molecule has 2 heterocycles. The molecule has 4 rings (SSSR count). The minimum absolute atomic E-state index is 0.309. The minimum Gasteiger partial charge on any atom is -0.369 e. The predicted octanol–water partition coefficient (Wildman–Crippen LogP) is 5.10. The van der Waals surface area contributed by atoms with Crippen molar-refractivity contribution in [1.82, 2.24) is 9.97 Å². The van der Waals surface area contributed by atoms with Crippen molar-refractivity contribution in [2.45, 2.75) is 25.2 Å². The van der Waals surface area contributed by atoms with Gasteiger partial charge in [0.05, 0.1) is 45.0 Å². The van der Waals surface area contributed by atoms with E-state index in [-0.39, 0.29) is 0 Å². The summed E-state index contributed by atoms with van der Waals surface area (Å²) in [4.78, 5) is 10.2. The maximum atomic E-state index is 11.7. The Kier molecular flexibility index (Phi) is 6.14. The van der Waals surface area contributed by atoms with Crippen LogP contribution in [0.4, 0.5) is 11.5 Å². The molecule has 10 heteroatoms. The molecule has 7 nitrogen and oxygen atoms in total. The lowest BCUT2D eigenvalue weighted by Crippen LogP contribution is -2.10. The molecule has 0 aliphatic heterocycles. The Bertz CT molecular complexity index is 1260. The van der Waals surface area contributed by atoms with Crippen LogP contribution in [-0.2, 0) is 10.0 Å². The summed E-state index contributed by atoms with van der Waals surface area (Å²) < 4.78 is 25.9. The van der Waals surface area contributed by atoms with E-state index in [1.165, 1.54) is 0 Å². The fourth-order valence-corrected chi connectivity index (χ4v) is 5.26. The van der Waals surface area contributed by atoms with Gasteiger partial charge in [-0.15, -0.1) is 11.3 Å². The van der Waals surface area contributed by atoms with Crippen LogP contribution < -0.4 is 10.0 Å². The van der Waals surface area contributed by atoms with E-state index >= 15 is 0 Å². The van der Waals surface area contributed by atoms with E-state index in [2.05, 4.69) is 21.1 Å². The third-order valence-corrected chi connectivity index (χ3v) is 6.95. The zero-order chi connectivity index (χ0) is 22.0. The molecule has 1 aromatic carbocycles. The second-order valence-electron chi connectivity index (χ2n) is 7.31. The first-order valence-corrected chi connectivity index (χ1v) is 12.8. The number of thiazole rings is 1. The lowest BCUT2D eigenvalue weighted by molar-refractivity contribution is 0.607. The first kappa shape index (κ1) is 21.6. The Morgan fingerprint density at radius 1 is 1.32 bits per heavy atom. The maximum absolute atomic E-state index is 11.7. The molecule has 0 unspecified atom stereocenters. The Hall–Kier alpha value is -2.67. The highest BCUT2D eigenvalue weighted by Crippen LogP contribution is 2.48. The van der Waals surface area contributed by atoms with Crippen molar-refractivity contribution in [1.29, 1.82) is 5.26 Å². The lowest BCUT2D eigenvalue weighted by atomic mass is 10.1. The lowest BCUT2D eigenvalue weighted by Gasteiger charge is -2.11. The van der Waals surface area contributed by atoms with Gasteiger partial charge in [0.1, 0.15) is 5.82 Å². The van der Waals surface area contributed by atoms with Crippen molar-refractivity contribution in [3.63, 3.8) is 0 Å². The van der Waals surface area contributed by atoms with Crippen LogP contribution in [0.5, 0.6) is 0 Å². The fourth-order valence-electron chi connectivity index (χ4n) is 3.13. The Morgan fingerprint density at radius 3 is 2.84 bits per heavy atom. The van der Waals surface area contributed by atoms with Crippen molar-refractivity contribution in [2.75, 3.05) is 22.8 Å². The zero-order valence-electron chi connectivity index (χ0n) is 16.7. The van der Waals surface area contributed by atoms with Crippen LogP contribution in [0.2, 0.25) is 5.02 Å². The van der Waals surface area contributed by atoms with Gasteiger partial charge in [-0.3, -0.25) is 4.72 Å². The van der Waals surface area contributed by atoms with Gasteiger partial charge in [-0.2, -0.15) is 5.26 Å². The molecule has 0 amide bonds. The number of rotatable bonds is 8. The Balaban J connectivity index is 1.78. The summed E-state index contributed by atoms with van der Waals surface area (Å²) in [6.07, 6.45) is 5.43. The summed E-state index contributed by atoms with van der Waals surface area (Å²) in [5, 5.41) is 13.3. The first-order valence-electron chi connectivity index (χ1n) is 9.70. The number of aromatic nitrogens is 2. The average molecular weight is 474 g/mol. The highest BCUT2D eigenvalue weighted by molar-refractivity contribution is 7.92. The average Bonchev–Trinajstić information content (AvgIpc) is 3.48. The van der Waals surface area contributed by atoms with E-state index in [1.54, 1.807) is 29.7 Å². The summed E-state index contributed by atoms with van der Waals surface area (Å²) in [6.45, 7) is 0.515. The van der Waals surface area contributed by atoms with Gasteiger partial charge < -0.3 is 5.32 Å². The molecule has 2 N–H and O–H groups in total. The standard InChI is InChI=1S/C21H20ClN5O2S2/c1-31(28,29)27-16-5-2-4-15(18(16)22)19-20(30-21(26-19)13-6-7-13)14-8-11-25-17(12-14)24-10-3-9-23/h2,4-5,8,11-13,27H,3,6-7,10H2,1H3,(H,24,25). The topological polar surface area (TPSA) is 108 Å². The molecule has 0 spiro atoms. The molecule has 1 fully saturated rings. The van der Waals surface area contributed by atoms with E-state index in [1.807, 2.05) is 18.2 Å². The van der Waals surface area contributed by atoms with Gasteiger partial charge >= 0.3 is 0 Å². The summed E-state index contributed by atoms with van der Waals surface area (Å²) >= 11 is 8.24. The number of nitrogens with zero attached hydrogens (tertiary/aromatic N) is 3. The van der Waals surface area contributed by atoms with Gasteiger partial charge in [-0.25, -0.2) is 18.4 Å². The predicted molar refractivity (Wildman–Crippen MR) is 125 cm³/mol. The van der Waals surface area contributed by atoms with E-state index in [9.17, 15) is 8.42 Å². The number of hydrogen-bond acceptors (Lipinski definition) is 7. The second-order valence-corrected chi connectivity index (χ2v) is 10.5. The number of nitrogens with one attached hydrogen (secondary N) is 2. The molecule has 3 aromatic rings. The third kappa shape index (κ3) is 5.15. The molecule has 2 aromatic heterocycles. The fraction of sp³-hybridized carbons (Fsp3) is 0.286. The third-order valence-electron chi connectivity index (χ3n) is 4.68. The maximum Gasteiger partial charge on any atom is 0.229 e. The van der Waals surface area contributed by atoms with Crippen LogP contribution >= 0.6 is 22.9 Å². The minimum atomic E-state index is -3.47. The first-order chi connectivity index (χ1) is 14.9. The number of hydrogen-bond donors (Lipinski definition) is 2. The quantitative estimate of drug-likeness (QED) is 0.440. The van der Waals surface area contributed by atoms with E-state index in [0.29, 0.717) is 41.0 Å². The summed E-state index contributed by atoms with van der Waals surface area (Å²) in [5.74, 6) is 1.14. The molecule has 0 atom stereocenters. The van der Waals surface area contributed by atoms with E-state index < -0.39 is 10.0 Å². The summed E-state index contributed by atoms with van der Waals surface area (Å²) in [6, 6.07) is 11.2. The van der Waals surface area contributed by atoms with Gasteiger partial charge in [0.25, 0.3) is 0 Å². The van der Waals surface area contributed by atoms with Crippen LogP contribution in [0.3, 0.4) is 0 Å². The van der Waals surface area contributed by atoms with Crippen molar-refractivity contribution < 1.29 is 8.42 Å². The Morgan fingerprint density at radius 2 is 2.13 bits per heavy atom. The highest BCUT2D eigenvalue weighted by atomic mass is 35.5. The number of benzene rings is 1. The largest absolute Gasteiger partial charge is 0.369 e. The number of anilines is 2. The second kappa shape index (κ2) is 8.83. The van der Waals surface area contributed by atoms with Gasteiger partial charge in [-0.05, 0) is 36.6 Å². The van der Waals surface area contributed by atoms with Gasteiger partial charge in [0.2, 0.25) is 10.0 Å². The molecular weight excluding hydrogens is 454 g/mol. The van der Waals surface area contributed by atoms with Crippen molar-refractivity contribution in [3.05, 3.63) is 46.6 Å². The monoisotopic (exact) mass is 473 g/mol. The van der Waals surface area contributed by atoms with Crippen molar-refractivity contribution >= 4 is 44.5 Å². The number of pyridine rings is 1. The molecule has 0 saturated heterocycles. The van der Waals surface area contributed by atoms with Gasteiger partial charge in [-0.1, -0.05) is 23.7 Å². The van der Waals surface area contributed by atoms with Crippen molar-refractivity contribution in [2.24, 2.45) is 0 Å². The SMILES string of the molecule is CS(=O)(=O)Nc1cccc(-c2nc(C3CC3)sc2-c2ccnc(NCCC#N)c2)c1Cl. The molecular formula is C21H20ClN5O2S2. The smallest absolute Gasteiger partial charge is 0.229 e. The number of sulfonamides is 1. The van der Waals surface area contributed by atoms with E-state index in [0.717, 1.165) is 40.2 Å². The van der Waals surface area contributed by atoms with Crippen LogP contribution in [0.1, 0.15) is 30.2 Å². The Labute approximate surface area is 190 Å². The molecule has 1 saturated carbocycles. The molecule has 1 aliphatic carbocycles. The van der Waals surface area contributed by atoms with Crippen LogP contribution in [0.25, 0.3) is 21.7 Å². The number of nitriles is 1. The van der Waals surface area contributed by atoms with Gasteiger partial charge in [0, 0.05) is 24.2 Å². The molecule has 0 bridgehead atoms. The normalized spacial score (nSPS) is 13.6. The van der Waals surface area contributed by atoms with Crippen LogP contribution in [0, 0.1) is 11.3 Å². The molecule has 31 heavy (non-hydrogen) atoms. The van der Waals surface area contributed by atoms with Crippen LogP contribution in [0.15, 0.2) is 36.5 Å². The summed E-state index contributed by atoms with van der Waals surface area (Å²) in [5.41, 5.74) is 2.65. The van der Waals surface area contributed by atoms with Crippen LogP contribution in [-0.4, -0.2) is 31.2 Å². The molecule has 160 valence electrons. The molecule has 0 radical (unpaired) electrons. The number of halogens is 1. The van der Waals surface area contributed by atoms with Crippen molar-refractivity contribution in [3.8, 4) is 27.8 Å². The zero-order valence-corrected chi connectivity index (χ0v) is 19.1. The summed E-state index contributed by atoms with van der Waals surface area (Å²) in [7, 11) is -3.47. The molecule has 1 aliphatic rings.